The number of carbonyl (C=O) groups excluding carboxylic acids is 3. The second kappa shape index (κ2) is 31.3. The zero-order valence-electron chi connectivity index (χ0n) is 27.3. The molecule has 6 heteroatoms. The lowest BCUT2D eigenvalue weighted by Crippen LogP contribution is -2.30. The van der Waals surface area contributed by atoms with Gasteiger partial charge in [-0.15, -0.1) is 0 Å². The third-order valence-corrected chi connectivity index (χ3v) is 7.66. The van der Waals surface area contributed by atoms with Crippen LogP contribution in [0.15, 0.2) is 0 Å². The first kappa shape index (κ1) is 39.4. The van der Waals surface area contributed by atoms with Crippen LogP contribution in [0.3, 0.4) is 0 Å². The Kier molecular flexibility index (Phi) is 30.1. The summed E-state index contributed by atoms with van der Waals surface area (Å²) in [5.74, 6) is -1.07. The normalized spacial score (nSPS) is 11.1. The lowest BCUT2D eigenvalue weighted by Gasteiger charge is -2.17. The quantitative estimate of drug-likeness (QED) is 0.0459. The molecular weight excluding hydrogens is 516 g/mol. The van der Waals surface area contributed by atoms with E-state index in [9.17, 15) is 14.4 Å². The average molecular weight is 583 g/mol. The minimum absolute atomic E-state index is 0.0808. The van der Waals surface area contributed by atoms with Gasteiger partial charge in [0.2, 0.25) is 0 Å². The Bertz CT molecular complexity index is 561. The maximum atomic E-state index is 12.1. The molecule has 0 bridgehead atoms. The lowest BCUT2D eigenvalue weighted by atomic mass is 10.0. The molecule has 6 nitrogen and oxygen atoms in total. The maximum Gasteiger partial charge on any atom is 0.305 e. The molecule has 0 atom stereocenters. The molecule has 0 radical (unpaired) electrons. The van der Waals surface area contributed by atoms with Gasteiger partial charge in [-0.05, 0) is 12.8 Å². The average Bonchev–Trinajstić information content (AvgIpc) is 2.95. The molecule has 0 unspecified atom stereocenters. The highest BCUT2D eigenvalue weighted by atomic mass is 16.6. The predicted octanol–water partition coefficient (Wildman–Crippen LogP) is 10.2. The van der Waals surface area contributed by atoms with Gasteiger partial charge in [0, 0.05) is 19.8 Å². The standard InChI is InChI=1S/C35H66O6/c1-4-6-8-10-12-14-16-18-20-22-24-26-28-34(37)39-30-33(41-32(3)36)31-40-35(38)29-27-25-23-21-19-17-15-13-11-9-7-5-2/h33H,4-31H2,1-3H3. The molecular formula is C35H66O6. The lowest BCUT2D eigenvalue weighted by molar-refractivity contribution is -0.165. The fraction of sp³-hybridized carbons (Fsp3) is 0.914. The van der Waals surface area contributed by atoms with Gasteiger partial charge < -0.3 is 14.2 Å². The van der Waals surface area contributed by atoms with E-state index in [1.165, 1.54) is 122 Å². The maximum absolute atomic E-state index is 12.1. The van der Waals surface area contributed by atoms with E-state index in [1.807, 2.05) is 0 Å². The monoisotopic (exact) mass is 582 g/mol. The summed E-state index contributed by atoms with van der Waals surface area (Å²) in [7, 11) is 0. The van der Waals surface area contributed by atoms with Gasteiger partial charge in [0.1, 0.15) is 13.2 Å². The predicted molar refractivity (Wildman–Crippen MR) is 169 cm³/mol. The SMILES string of the molecule is CCCCCCCCCCCCCCC(=O)OCC(COC(=O)CCCCCCCCCCCCCC)OC(C)=O. The van der Waals surface area contributed by atoms with Crippen molar-refractivity contribution in [3.05, 3.63) is 0 Å². The van der Waals surface area contributed by atoms with Crippen molar-refractivity contribution in [1.29, 1.82) is 0 Å². The summed E-state index contributed by atoms with van der Waals surface area (Å²) in [5.41, 5.74) is 0. The van der Waals surface area contributed by atoms with Crippen molar-refractivity contribution in [2.45, 2.75) is 194 Å². The Morgan fingerprint density at radius 2 is 0.707 bits per heavy atom. The van der Waals surface area contributed by atoms with Gasteiger partial charge in [-0.25, -0.2) is 0 Å². The van der Waals surface area contributed by atoms with Crippen LogP contribution in [-0.4, -0.2) is 37.2 Å². The largest absolute Gasteiger partial charge is 0.462 e. The highest BCUT2D eigenvalue weighted by Gasteiger charge is 2.17. The van der Waals surface area contributed by atoms with E-state index in [4.69, 9.17) is 14.2 Å². The zero-order valence-corrected chi connectivity index (χ0v) is 27.3. The molecule has 0 fully saturated rings. The molecule has 41 heavy (non-hydrogen) atoms. The number of unbranched alkanes of at least 4 members (excludes halogenated alkanes) is 22. The zero-order chi connectivity index (χ0) is 30.2. The first-order valence-electron chi connectivity index (χ1n) is 17.5. The van der Waals surface area contributed by atoms with Crippen LogP contribution in [0.2, 0.25) is 0 Å². The molecule has 0 aromatic rings. The molecule has 0 aromatic carbocycles. The van der Waals surface area contributed by atoms with E-state index in [-0.39, 0.29) is 25.2 Å². The van der Waals surface area contributed by atoms with Crippen LogP contribution in [0.5, 0.6) is 0 Å². The number of carbonyl (C=O) groups is 3. The van der Waals surface area contributed by atoms with Crippen molar-refractivity contribution >= 4 is 17.9 Å². The van der Waals surface area contributed by atoms with Gasteiger partial charge >= 0.3 is 17.9 Å². The molecule has 0 aliphatic carbocycles. The van der Waals surface area contributed by atoms with Crippen molar-refractivity contribution in [3.63, 3.8) is 0 Å². The van der Waals surface area contributed by atoms with Gasteiger partial charge in [-0.3, -0.25) is 14.4 Å². The molecule has 0 spiro atoms. The van der Waals surface area contributed by atoms with Crippen LogP contribution < -0.4 is 0 Å². The van der Waals surface area contributed by atoms with E-state index >= 15 is 0 Å². The van der Waals surface area contributed by atoms with Crippen molar-refractivity contribution in [2.75, 3.05) is 13.2 Å². The molecule has 0 heterocycles. The van der Waals surface area contributed by atoms with E-state index in [0.29, 0.717) is 12.8 Å². The fourth-order valence-corrected chi connectivity index (χ4v) is 5.09. The van der Waals surface area contributed by atoms with Gasteiger partial charge in [0.05, 0.1) is 0 Å². The minimum atomic E-state index is -0.760. The topological polar surface area (TPSA) is 78.9 Å². The van der Waals surface area contributed by atoms with Crippen LogP contribution in [-0.2, 0) is 28.6 Å². The molecule has 0 aliphatic heterocycles. The Labute approximate surface area is 253 Å². The summed E-state index contributed by atoms with van der Waals surface area (Å²) < 4.78 is 15.8. The van der Waals surface area contributed by atoms with E-state index in [0.717, 1.165) is 38.5 Å². The van der Waals surface area contributed by atoms with Crippen molar-refractivity contribution < 1.29 is 28.6 Å². The molecule has 0 rings (SSSR count). The molecule has 0 saturated heterocycles. The Morgan fingerprint density at radius 3 is 0.976 bits per heavy atom. The number of ether oxygens (including phenoxy) is 3. The smallest absolute Gasteiger partial charge is 0.305 e. The molecule has 0 aromatic heterocycles. The summed E-state index contributed by atoms with van der Waals surface area (Å²) in [6.07, 6.45) is 29.8. The Morgan fingerprint density at radius 1 is 0.439 bits per heavy atom. The summed E-state index contributed by atoms with van der Waals surface area (Å²) in [6.45, 7) is 5.64. The van der Waals surface area contributed by atoms with Crippen molar-refractivity contribution in [3.8, 4) is 0 Å². The Balaban J connectivity index is 3.76. The third kappa shape index (κ3) is 31.2. The van der Waals surface area contributed by atoms with Crippen molar-refractivity contribution in [2.24, 2.45) is 0 Å². The number of esters is 3. The highest BCUT2D eigenvalue weighted by Crippen LogP contribution is 2.14. The fourth-order valence-electron chi connectivity index (χ4n) is 5.09. The van der Waals surface area contributed by atoms with Crippen LogP contribution in [0.4, 0.5) is 0 Å². The summed E-state index contributed by atoms with van der Waals surface area (Å²) in [4.78, 5) is 35.7. The summed E-state index contributed by atoms with van der Waals surface area (Å²) in [6, 6.07) is 0. The van der Waals surface area contributed by atoms with Gasteiger partial charge in [0.15, 0.2) is 6.10 Å². The van der Waals surface area contributed by atoms with Crippen molar-refractivity contribution in [1.82, 2.24) is 0 Å². The summed E-state index contributed by atoms with van der Waals surface area (Å²) in [5, 5.41) is 0. The third-order valence-electron chi connectivity index (χ3n) is 7.66. The minimum Gasteiger partial charge on any atom is -0.462 e. The van der Waals surface area contributed by atoms with E-state index < -0.39 is 12.1 Å². The first-order chi connectivity index (χ1) is 20.0. The molecule has 0 saturated carbocycles. The molecule has 242 valence electrons. The van der Waals surface area contributed by atoms with E-state index in [2.05, 4.69) is 13.8 Å². The number of hydrogen-bond donors (Lipinski definition) is 0. The van der Waals surface area contributed by atoms with Gasteiger partial charge in [-0.2, -0.15) is 0 Å². The van der Waals surface area contributed by atoms with E-state index in [1.54, 1.807) is 0 Å². The van der Waals surface area contributed by atoms with Gasteiger partial charge in [-0.1, -0.05) is 155 Å². The molecule has 0 N–H and O–H groups in total. The van der Waals surface area contributed by atoms with Crippen LogP contribution >= 0.6 is 0 Å². The second-order valence-corrected chi connectivity index (χ2v) is 11.9. The highest BCUT2D eigenvalue weighted by molar-refractivity contribution is 5.70. The number of hydrogen-bond acceptors (Lipinski definition) is 6. The second-order valence-electron chi connectivity index (χ2n) is 11.9. The molecule has 0 aliphatic rings. The van der Waals surface area contributed by atoms with Crippen LogP contribution in [0, 0.1) is 0 Å². The van der Waals surface area contributed by atoms with Crippen LogP contribution in [0.25, 0.3) is 0 Å². The summed E-state index contributed by atoms with van der Waals surface area (Å²) >= 11 is 0. The Hall–Kier alpha value is -1.59. The number of rotatable bonds is 31. The van der Waals surface area contributed by atoms with Crippen LogP contribution in [0.1, 0.15) is 188 Å². The first-order valence-corrected chi connectivity index (χ1v) is 17.5. The van der Waals surface area contributed by atoms with Gasteiger partial charge in [0.25, 0.3) is 0 Å². The molecule has 0 amide bonds.